The Morgan fingerprint density at radius 1 is 1.06 bits per heavy atom. The second kappa shape index (κ2) is 3.82. The Hall–Kier alpha value is -0.940. The highest BCUT2D eigenvalue weighted by Gasteiger charge is 2.45. The SMILES string of the molecule is CC1=CC(C(F)(F)F)=C(C)CC1C(F)(F)F. The first kappa shape index (κ1) is 13.1. The molecule has 0 saturated heterocycles. The fraction of sp³-hybridized carbons (Fsp3) is 0.600. The van der Waals surface area contributed by atoms with Crippen molar-refractivity contribution in [1.82, 2.24) is 0 Å². The molecule has 1 aliphatic carbocycles. The topological polar surface area (TPSA) is 0 Å². The molecule has 6 heteroatoms. The summed E-state index contributed by atoms with van der Waals surface area (Å²) in [5.41, 5.74) is -1.50. The minimum Gasteiger partial charge on any atom is -0.170 e. The summed E-state index contributed by atoms with van der Waals surface area (Å²) in [4.78, 5) is 0. The van der Waals surface area contributed by atoms with Crippen molar-refractivity contribution in [2.45, 2.75) is 32.6 Å². The molecule has 0 aromatic heterocycles. The molecular weight excluding hydrogens is 234 g/mol. The first-order valence-electron chi connectivity index (χ1n) is 4.55. The molecule has 1 atom stereocenters. The second-order valence-electron chi connectivity index (χ2n) is 3.88. The van der Waals surface area contributed by atoms with Gasteiger partial charge in [-0.1, -0.05) is 17.2 Å². The summed E-state index contributed by atoms with van der Waals surface area (Å²) in [5.74, 6) is -1.79. The van der Waals surface area contributed by atoms with Gasteiger partial charge in [-0.15, -0.1) is 0 Å². The van der Waals surface area contributed by atoms with Crippen molar-refractivity contribution >= 4 is 0 Å². The number of halogens is 6. The zero-order valence-electron chi connectivity index (χ0n) is 8.63. The van der Waals surface area contributed by atoms with Crippen LogP contribution in [0, 0.1) is 5.92 Å². The van der Waals surface area contributed by atoms with E-state index in [1.54, 1.807) is 0 Å². The molecule has 1 aliphatic rings. The Kier molecular flexibility index (Phi) is 3.13. The van der Waals surface area contributed by atoms with Crippen molar-refractivity contribution in [3.8, 4) is 0 Å². The third kappa shape index (κ3) is 2.59. The smallest absolute Gasteiger partial charge is 0.170 e. The highest BCUT2D eigenvalue weighted by Crippen LogP contribution is 2.43. The molecule has 1 unspecified atom stereocenters. The molecule has 0 amide bonds. The van der Waals surface area contributed by atoms with Gasteiger partial charge in [-0.25, -0.2) is 0 Å². The van der Waals surface area contributed by atoms with Gasteiger partial charge in [0.1, 0.15) is 0 Å². The molecule has 0 heterocycles. The first-order chi connectivity index (χ1) is 7.03. The van der Waals surface area contributed by atoms with Crippen molar-refractivity contribution in [2.24, 2.45) is 5.92 Å². The normalized spacial score (nSPS) is 23.5. The fourth-order valence-electron chi connectivity index (χ4n) is 1.73. The lowest BCUT2D eigenvalue weighted by molar-refractivity contribution is -0.164. The predicted molar refractivity (Wildman–Crippen MR) is 46.7 cm³/mol. The van der Waals surface area contributed by atoms with E-state index < -0.39 is 30.3 Å². The van der Waals surface area contributed by atoms with Gasteiger partial charge in [0.25, 0.3) is 0 Å². The monoisotopic (exact) mass is 244 g/mol. The lowest BCUT2D eigenvalue weighted by Gasteiger charge is -2.27. The number of hydrogen-bond donors (Lipinski definition) is 0. The largest absolute Gasteiger partial charge is 0.416 e. The van der Waals surface area contributed by atoms with E-state index in [0.717, 1.165) is 13.8 Å². The standard InChI is InChI=1S/C10H10F6/c1-5-3-8(10(14,15)16)6(2)4-7(5)9(11,12)13/h3,7H,4H2,1-2H3. The molecule has 16 heavy (non-hydrogen) atoms. The highest BCUT2D eigenvalue weighted by atomic mass is 19.4. The Labute approximate surface area is 88.6 Å². The lowest BCUT2D eigenvalue weighted by atomic mass is 9.84. The highest BCUT2D eigenvalue weighted by molar-refractivity contribution is 5.37. The van der Waals surface area contributed by atoms with Crippen LogP contribution >= 0.6 is 0 Å². The van der Waals surface area contributed by atoms with E-state index in [2.05, 4.69) is 0 Å². The third-order valence-electron chi connectivity index (χ3n) is 2.59. The molecule has 0 bridgehead atoms. The zero-order chi connectivity index (χ0) is 12.7. The van der Waals surface area contributed by atoms with E-state index in [4.69, 9.17) is 0 Å². The van der Waals surface area contributed by atoms with Crippen LogP contribution in [0.2, 0.25) is 0 Å². The average Bonchev–Trinajstić information content (AvgIpc) is 2.04. The number of allylic oxidation sites excluding steroid dienone is 4. The molecule has 0 aliphatic heterocycles. The predicted octanol–water partition coefficient (Wildman–Crippen LogP) is 4.39. The molecular formula is C10H10F6. The van der Waals surface area contributed by atoms with Crippen LogP contribution in [-0.4, -0.2) is 12.4 Å². The Balaban J connectivity index is 3.09. The lowest BCUT2D eigenvalue weighted by Crippen LogP contribution is -2.28. The number of rotatable bonds is 0. The van der Waals surface area contributed by atoms with Crippen molar-refractivity contribution in [2.75, 3.05) is 0 Å². The van der Waals surface area contributed by atoms with Crippen LogP contribution in [-0.2, 0) is 0 Å². The van der Waals surface area contributed by atoms with Gasteiger partial charge in [0.05, 0.1) is 11.5 Å². The van der Waals surface area contributed by atoms with Crippen LogP contribution in [0.4, 0.5) is 26.3 Å². The van der Waals surface area contributed by atoms with E-state index >= 15 is 0 Å². The van der Waals surface area contributed by atoms with E-state index in [1.807, 2.05) is 0 Å². The van der Waals surface area contributed by atoms with E-state index in [9.17, 15) is 26.3 Å². The molecule has 0 saturated carbocycles. The Morgan fingerprint density at radius 3 is 1.94 bits per heavy atom. The molecule has 0 aromatic carbocycles. The third-order valence-corrected chi connectivity index (χ3v) is 2.59. The van der Waals surface area contributed by atoms with Gasteiger partial charge in [-0.2, -0.15) is 26.3 Å². The van der Waals surface area contributed by atoms with Crippen LogP contribution in [0.5, 0.6) is 0 Å². The van der Waals surface area contributed by atoms with Gasteiger partial charge in [-0.3, -0.25) is 0 Å². The van der Waals surface area contributed by atoms with E-state index in [-0.39, 0.29) is 11.1 Å². The van der Waals surface area contributed by atoms with Crippen LogP contribution in [0.25, 0.3) is 0 Å². The van der Waals surface area contributed by atoms with Crippen LogP contribution in [0.3, 0.4) is 0 Å². The maximum absolute atomic E-state index is 12.4. The van der Waals surface area contributed by atoms with Gasteiger partial charge < -0.3 is 0 Å². The van der Waals surface area contributed by atoms with Crippen molar-refractivity contribution < 1.29 is 26.3 Å². The van der Waals surface area contributed by atoms with E-state index in [0.29, 0.717) is 6.08 Å². The van der Waals surface area contributed by atoms with Crippen LogP contribution < -0.4 is 0 Å². The van der Waals surface area contributed by atoms with E-state index in [1.165, 1.54) is 0 Å². The molecule has 0 radical (unpaired) electrons. The van der Waals surface area contributed by atoms with Gasteiger partial charge in [0, 0.05) is 0 Å². The molecule has 0 fully saturated rings. The quantitative estimate of drug-likeness (QED) is 0.554. The zero-order valence-corrected chi connectivity index (χ0v) is 8.63. The fourth-order valence-corrected chi connectivity index (χ4v) is 1.73. The average molecular weight is 244 g/mol. The number of alkyl halides is 6. The van der Waals surface area contributed by atoms with Gasteiger partial charge >= 0.3 is 12.4 Å². The van der Waals surface area contributed by atoms with Gasteiger partial charge in [0.15, 0.2) is 0 Å². The molecule has 0 aromatic rings. The molecule has 0 spiro atoms. The summed E-state index contributed by atoms with van der Waals surface area (Å²) in [6, 6.07) is 0. The van der Waals surface area contributed by atoms with Crippen molar-refractivity contribution in [3.05, 3.63) is 22.8 Å². The van der Waals surface area contributed by atoms with Gasteiger partial charge in [-0.05, 0) is 20.3 Å². The first-order valence-corrected chi connectivity index (χ1v) is 4.55. The van der Waals surface area contributed by atoms with Crippen LogP contribution in [0.1, 0.15) is 20.3 Å². The summed E-state index contributed by atoms with van der Waals surface area (Å²) < 4.78 is 74.5. The maximum atomic E-state index is 12.4. The minimum absolute atomic E-state index is 0.263. The molecule has 92 valence electrons. The van der Waals surface area contributed by atoms with Crippen molar-refractivity contribution in [1.29, 1.82) is 0 Å². The summed E-state index contributed by atoms with van der Waals surface area (Å²) >= 11 is 0. The number of hydrogen-bond acceptors (Lipinski definition) is 0. The molecule has 0 nitrogen and oxygen atoms in total. The van der Waals surface area contributed by atoms with Gasteiger partial charge in [0.2, 0.25) is 0 Å². The minimum atomic E-state index is -4.58. The Morgan fingerprint density at radius 2 is 1.56 bits per heavy atom. The summed E-state index contributed by atoms with van der Waals surface area (Å²) in [6.07, 6.45) is -9.08. The maximum Gasteiger partial charge on any atom is 0.416 e. The van der Waals surface area contributed by atoms with Crippen LogP contribution in [0.15, 0.2) is 22.8 Å². The molecule has 1 rings (SSSR count). The summed E-state index contributed by atoms with van der Waals surface area (Å²) in [7, 11) is 0. The van der Waals surface area contributed by atoms with Crippen molar-refractivity contribution in [3.63, 3.8) is 0 Å². The summed E-state index contributed by atoms with van der Waals surface area (Å²) in [6.45, 7) is 2.17. The summed E-state index contributed by atoms with van der Waals surface area (Å²) in [5, 5.41) is 0. The molecule has 0 N–H and O–H groups in total. The second-order valence-corrected chi connectivity index (χ2v) is 3.88. The Bertz CT molecular complexity index is 341.